The average Bonchev–Trinajstić information content (AvgIpc) is 3.15. The molecule has 8 nitrogen and oxygen atoms in total. The first kappa shape index (κ1) is 18.4. The summed E-state index contributed by atoms with van der Waals surface area (Å²) in [7, 11) is 1.43. The molecule has 1 saturated heterocycles. The summed E-state index contributed by atoms with van der Waals surface area (Å²) < 4.78 is 7.21. The van der Waals surface area contributed by atoms with Crippen LogP contribution in [0.15, 0.2) is 34.2 Å². The van der Waals surface area contributed by atoms with E-state index in [4.69, 9.17) is 4.74 Å². The minimum atomic E-state index is -0.571. The Morgan fingerprint density at radius 3 is 2.92 bits per heavy atom. The highest BCUT2D eigenvalue weighted by atomic mass is 32.2. The van der Waals surface area contributed by atoms with E-state index in [1.54, 1.807) is 22.8 Å². The normalized spacial score (nSPS) is 16.6. The van der Waals surface area contributed by atoms with E-state index in [0.717, 1.165) is 24.6 Å². The van der Waals surface area contributed by atoms with Crippen molar-refractivity contribution in [2.24, 2.45) is 0 Å². The van der Waals surface area contributed by atoms with Gasteiger partial charge in [0.25, 0.3) is 5.56 Å². The van der Waals surface area contributed by atoms with E-state index in [1.807, 2.05) is 6.07 Å². The molecule has 26 heavy (non-hydrogen) atoms. The van der Waals surface area contributed by atoms with Gasteiger partial charge in [0, 0.05) is 13.7 Å². The Balaban J connectivity index is 1.87. The molecule has 138 valence electrons. The van der Waals surface area contributed by atoms with Crippen LogP contribution in [0, 0.1) is 0 Å². The SMILES string of the molecule is CNC(=O)NC(=O)CSc1nc2ccccc2c(=O)n1C[C@H]1CCCO1. The summed E-state index contributed by atoms with van der Waals surface area (Å²) in [5, 5.41) is 5.49. The number of ether oxygens (including phenoxy) is 1. The maximum Gasteiger partial charge on any atom is 0.321 e. The summed E-state index contributed by atoms with van der Waals surface area (Å²) in [6, 6.07) is 6.54. The summed E-state index contributed by atoms with van der Waals surface area (Å²) >= 11 is 1.12. The van der Waals surface area contributed by atoms with Crippen molar-refractivity contribution in [2.45, 2.75) is 30.6 Å². The number of amides is 3. The van der Waals surface area contributed by atoms with Crippen LogP contribution >= 0.6 is 11.8 Å². The van der Waals surface area contributed by atoms with E-state index in [2.05, 4.69) is 15.6 Å². The largest absolute Gasteiger partial charge is 0.376 e. The van der Waals surface area contributed by atoms with Crippen LogP contribution in [0.2, 0.25) is 0 Å². The fourth-order valence-electron chi connectivity index (χ4n) is 2.77. The minimum Gasteiger partial charge on any atom is -0.376 e. The molecule has 1 aliphatic rings. The number of benzene rings is 1. The molecule has 2 heterocycles. The third kappa shape index (κ3) is 4.23. The van der Waals surface area contributed by atoms with E-state index in [9.17, 15) is 14.4 Å². The average molecular weight is 376 g/mol. The molecule has 3 rings (SSSR count). The van der Waals surface area contributed by atoms with Crippen LogP contribution in [-0.2, 0) is 16.1 Å². The van der Waals surface area contributed by atoms with Gasteiger partial charge in [0.05, 0.1) is 29.3 Å². The van der Waals surface area contributed by atoms with Gasteiger partial charge in [0.1, 0.15) is 0 Å². The first-order valence-corrected chi connectivity index (χ1v) is 9.32. The van der Waals surface area contributed by atoms with Crippen LogP contribution in [0.5, 0.6) is 0 Å². The number of hydrogen-bond acceptors (Lipinski definition) is 6. The summed E-state index contributed by atoms with van der Waals surface area (Å²) in [5.74, 6) is -0.482. The van der Waals surface area contributed by atoms with Gasteiger partial charge in [-0.1, -0.05) is 23.9 Å². The molecule has 0 saturated carbocycles. The smallest absolute Gasteiger partial charge is 0.321 e. The van der Waals surface area contributed by atoms with Crippen LogP contribution in [0.4, 0.5) is 4.79 Å². The first-order valence-electron chi connectivity index (χ1n) is 8.34. The molecule has 0 spiro atoms. The fourth-order valence-corrected chi connectivity index (χ4v) is 3.57. The number of nitrogens with one attached hydrogen (secondary N) is 2. The highest BCUT2D eigenvalue weighted by Gasteiger charge is 2.20. The maximum absolute atomic E-state index is 12.9. The molecule has 0 unspecified atom stereocenters. The number of thioether (sulfide) groups is 1. The quantitative estimate of drug-likeness (QED) is 0.599. The van der Waals surface area contributed by atoms with Crippen molar-refractivity contribution < 1.29 is 14.3 Å². The standard InChI is InChI=1S/C17H20N4O4S/c1-18-16(24)20-14(22)10-26-17-19-13-7-3-2-6-12(13)15(23)21(17)9-11-5-4-8-25-11/h2-3,6-7,11H,4-5,8-10H2,1H3,(H2,18,20,22,24)/t11-/m1/s1. The second-order valence-corrected chi connectivity index (χ2v) is 6.82. The van der Waals surface area contributed by atoms with E-state index < -0.39 is 11.9 Å². The van der Waals surface area contributed by atoms with Crippen molar-refractivity contribution in [3.63, 3.8) is 0 Å². The molecule has 0 aliphatic carbocycles. The Labute approximate surface area is 154 Å². The number of rotatable bonds is 5. The predicted octanol–water partition coefficient (Wildman–Crippen LogP) is 1.12. The Morgan fingerprint density at radius 1 is 1.38 bits per heavy atom. The van der Waals surface area contributed by atoms with Gasteiger partial charge < -0.3 is 10.1 Å². The Bertz CT molecular complexity index is 877. The van der Waals surface area contributed by atoms with Gasteiger partial charge in [-0.3, -0.25) is 19.5 Å². The van der Waals surface area contributed by atoms with Crippen molar-refractivity contribution in [3.05, 3.63) is 34.6 Å². The number of aromatic nitrogens is 2. The topological polar surface area (TPSA) is 102 Å². The zero-order chi connectivity index (χ0) is 18.5. The number of urea groups is 1. The molecule has 2 aromatic rings. The fraction of sp³-hybridized carbons (Fsp3) is 0.412. The lowest BCUT2D eigenvalue weighted by atomic mass is 10.2. The first-order chi connectivity index (χ1) is 12.6. The van der Waals surface area contributed by atoms with Crippen LogP contribution in [0.1, 0.15) is 12.8 Å². The minimum absolute atomic E-state index is 0.0241. The third-order valence-corrected chi connectivity index (χ3v) is 5.03. The van der Waals surface area contributed by atoms with Crippen LogP contribution in [-0.4, -0.2) is 47.0 Å². The number of carbonyl (C=O) groups is 2. The molecule has 2 N–H and O–H groups in total. The van der Waals surface area contributed by atoms with Crippen molar-refractivity contribution in [2.75, 3.05) is 19.4 Å². The summed E-state index contributed by atoms with van der Waals surface area (Å²) in [6.45, 7) is 1.09. The number of imide groups is 1. The number of nitrogens with zero attached hydrogens (tertiary/aromatic N) is 2. The van der Waals surface area contributed by atoms with Crippen molar-refractivity contribution in [1.29, 1.82) is 0 Å². The van der Waals surface area contributed by atoms with Gasteiger partial charge in [0.15, 0.2) is 5.16 Å². The second-order valence-electron chi connectivity index (χ2n) is 5.88. The highest BCUT2D eigenvalue weighted by Crippen LogP contribution is 2.20. The summed E-state index contributed by atoms with van der Waals surface area (Å²) in [4.78, 5) is 40.5. The molecular weight excluding hydrogens is 356 g/mol. The van der Waals surface area contributed by atoms with Gasteiger partial charge in [-0.25, -0.2) is 9.78 Å². The molecule has 1 fully saturated rings. The van der Waals surface area contributed by atoms with Crippen LogP contribution in [0.3, 0.4) is 0 Å². The molecule has 1 aromatic carbocycles. The number of para-hydroxylation sites is 1. The zero-order valence-electron chi connectivity index (χ0n) is 14.4. The Morgan fingerprint density at radius 2 is 2.19 bits per heavy atom. The Hall–Kier alpha value is -2.39. The van der Waals surface area contributed by atoms with E-state index in [0.29, 0.717) is 29.2 Å². The Kier molecular flexibility index (Phi) is 5.89. The number of hydrogen-bond donors (Lipinski definition) is 2. The van der Waals surface area contributed by atoms with Crippen molar-refractivity contribution in [1.82, 2.24) is 20.2 Å². The van der Waals surface area contributed by atoms with Gasteiger partial charge in [-0.05, 0) is 25.0 Å². The molecule has 1 aliphatic heterocycles. The van der Waals surface area contributed by atoms with Gasteiger partial charge in [-0.2, -0.15) is 0 Å². The van der Waals surface area contributed by atoms with Gasteiger partial charge in [-0.15, -0.1) is 0 Å². The second kappa shape index (κ2) is 8.33. The maximum atomic E-state index is 12.9. The molecular formula is C17H20N4O4S. The monoisotopic (exact) mass is 376 g/mol. The zero-order valence-corrected chi connectivity index (χ0v) is 15.2. The van der Waals surface area contributed by atoms with Crippen LogP contribution < -0.4 is 16.2 Å². The third-order valence-electron chi connectivity index (χ3n) is 4.05. The molecule has 0 radical (unpaired) electrons. The summed E-state index contributed by atoms with van der Waals surface area (Å²) in [6.07, 6.45) is 1.83. The predicted molar refractivity (Wildman–Crippen MR) is 98.3 cm³/mol. The molecule has 1 atom stereocenters. The number of fused-ring (bicyclic) bond motifs is 1. The van der Waals surface area contributed by atoms with E-state index in [1.165, 1.54) is 7.05 Å². The van der Waals surface area contributed by atoms with Gasteiger partial charge in [0.2, 0.25) is 5.91 Å². The lowest BCUT2D eigenvalue weighted by Crippen LogP contribution is -2.38. The van der Waals surface area contributed by atoms with Crippen molar-refractivity contribution in [3.8, 4) is 0 Å². The summed E-state index contributed by atoms with van der Waals surface area (Å²) in [5.41, 5.74) is 0.426. The van der Waals surface area contributed by atoms with Crippen LogP contribution in [0.25, 0.3) is 10.9 Å². The number of carbonyl (C=O) groups excluding carboxylic acids is 2. The lowest BCUT2D eigenvalue weighted by Gasteiger charge is -2.16. The van der Waals surface area contributed by atoms with Gasteiger partial charge >= 0.3 is 6.03 Å². The highest BCUT2D eigenvalue weighted by molar-refractivity contribution is 7.99. The molecule has 0 bridgehead atoms. The van der Waals surface area contributed by atoms with Crippen molar-refractivity contribution >= 4 is 34.6 Å². The molecule has 1 aromatic heterocycles. The molecule has 9 heteroatoms. The van der Waals surface area contributed by atoms with E-state index >= 15 is 0 Å². The molecule has 3 amide bonds. The lowest BCUT2D eigenvalue weighted by molar-refractivity contribution is -0.117. The van der Waals surface area contributed by atoms with E-state index in [-0.39, 0.29) is 17.4 Å².